The van der Waals surface area contributed by atoms with Crippen molar-refractivity contribution in [2.45, 2.75) is 6.04 Å². The lowest BCUT2D eigenvalue weighted by Gasteiger charge is -2.04. The molecule has 0 radical (unpaired) electrons. The average molecular weight is 195 g/mol. The topological polar surface area (TPSA) is 107 Å². The summed E-state index contributed by atoms with van der Waals surface area (Å²) in [5.41, 5.74) is 4.96. The van der Waals surface area contributed by atoms with Gasteiger partial charge >= 0.3 is 5.97 Å². The Labute approximate surface area is 69.8 Å². The van der Waals surface area contributed by atoms with Crippen molar-refractivity contribution in [3.8, 4) is 0 Å². The summed E-state index contributed by atoms with van der Waals surface area (Å²) in [6.45, 7) is 2.36. The van der Waals surface area contributed by atoms with Crippen LogP contribution in [0.5, 0.6) is 0 Å². The number of nitrogens with two attached hydrogens (primary N) is 1. The molecule has 0 rings (SSSR count). The van der Waals surface area contributed by atoms with Crippen LogP contribution in [0.15, 0.2) is 12.0 Å². The first-order valence-corrected chi connectivity index (χ1v) is 4.36. The minimum absolute atomic E-state index is 0.571. The SMILES string of the molecule is C=CS(=O)(=O)OCC(N)C(=O)O. The zero-order chi connectivity index (χ0) is 9.78. The smallest absolute Gasteiger partial charge is 0.322 e. The first-order chi connectivity index (χ1) is 5.39. The van der Waals surface area contributed by atoms with Crippen LogP contribution in [0.25, 0.3) is 0 Å². The lowest BCUT2D eigenvalue weighted by Crippen LogP contribution is -2.35. The van der Waals surface area contributed by atoms with Crippen molar-refractivity contribution in [1.29, 1.82) is 0 Å². The number of hydrogen-bond donors (Lipinski definition) is 2. The Balaban J connectivity index is 4.01. The third kappa shape index (κ3) is 4.06. The second-order valence-corrected chi connectivity index (χ2v) is 3.44. The van der Waals surface area contributed by atoms with Gasteiger partial charge in [0.2, 0.25) is 0 Å². The monoisotopic (exact) mass is 195 g/mol. The maximum absolute atomic E-state index is 10.5. The van der Waals surface area contributed by atoms with E-state index in [1.165, 1.54) is 0 Å². The van der Waals surface area contributed by atoms with Crippen LogP contribution in [0.4, 0.5) is 0 Å². The largest absolute Gasteiger partial charge is 0.480 e. The summed E-state index contributed by atoms with van der Waals surface area (Å²) in [5.74, 6) is -1.32. The van der Waals surface area contributed by atoms with Gasteiger partial charge in [-0.25, -0.2) is 0 Å². The summed E-state index contributed by atoms with van der Waals surface area (Å²) < 4.78 is 25.2. The Hall–Kier alpha value is -0.920. The Morgan fingerprint density at radius 3 is 2.58 bits per heavy atom. The maximum Gasteiger partial charge on any atom is 0.322 e. The van der Waals surface area contributed by atoms with Gasteiger partial charge in [-0.05, 0) is 0 Å². The summed E-state index contributed by atoms with van der Waals surface area (Å²) in [7, 11) is -3.83. The summed E-state index contributed by atoms with van der Waals surface area (Å²) >= 11 is 0. The van der Waals surface area contributed by atoms with Crippen molar-refractivity contribution in [1.82, 2.24) is 0 Å². The lowest BCUT2D eigenvalue weighted by molar-refractivity contribution is -0.139. The van der Waals surface area contributed by atoms with Crippen LogP contribution in [0, 0.1) is 0 Å². The molecular formula is C5H9NO5S. The highest BCUT2D eigenvalue weighted by atomic mass is 32.2. The van der Waals surface area contributed by atoms with Crippen LogP contribution >= 0.6 is 0 Å². The third-order valence-corrected chi connectivity index (χ3v) is 1.81. The Kier molecular flexibility index (Phi) is 3.87. The van der Waals surface area contributed by atoms with Gasteiger partial charge in [-0.2, -0.15) is 8.42 Å². The van der Waals surface area contributed by atoms with Gasteiger partial charge in [0.05, 0.1) is 12.0 Å². The van der Waals surface area contributed by atoms with Gasteiger partial charge in [0.25, 0.3) is 10.1 Å². The third-order valence-electron chi connectivity index (χ3n) is 0.933. The number of aliphatic carboxylic acids is 1. The molecule has 0 aliphatic heterocycles. The molecule has 0 saturated heterocycles. The molecule has 7 heteroatoms. The molecule has 0 aliphatic carbocycles. The minimum Gasteiger partial charge on any atom is -0.480 e. The molecule has 70 valence electrons. The maximum atomic E-state index is 10.5. The molecule has 0 aromatic rings. The van der Waals surface area contributed by atoms with Crippen LogP contribution in [0.2, 0.25) is 0 Å². The van der Waals surface area contributed by atoms with E-state index in [9.17, 15) is 13.2 Å². The first kappa shape index (κ1) is 11.1. The molecule has 0 heterocycles. The standard InChI is InChI=1S/C5H9NO5S/c1-2-12(9,10)11-3-4(6)5(7)8/h2,4H,1,3,6H2,(H,7,8). The van der Waals surface area contributed by atoms with Gasteiger partial charge in [0, 0.05) is 0 Å². The molecule has 0 fully saturated rings. The van der Waals surface area contributed by atoms with Gasteiger partial charge in [-0.1, -0.05) is 6.58 Å². The van der Waals surface area contributed by atoms with Crippen molar-refractivity contribution in [2.75, 3.05) is 6.61 Å². The molecule has 12 heavy (non-hydrogen) atoms. The van der Waals surface area contributed by atoms with Crippen LogP contribution < -0.4 is 5.73 Å². The van der Waals surface area contributed by atoms with E-state index in [1.807, 2.05) is 0 Å². The predicted molar refractivity (Wildman–Crippen MR) is 40.7 cm³/mol. The highest BCUT2D eigenvalue weighted by Gasteiger charge is 2.15. The van der Waals surface area contributed by atoms with E-state index < -0.39 is 28.7 Å². The van der Waals surface area contributed by atoms with Crippen molar-refractivity contribution in [3.05, 3.63) is 12.0 Å². The first-order valence-electron chi connectivity index (χ1n) is 2.89. The van der Waals surface area contributed by atoms with Gasteiger partial charge in [0.1, 0.15) is 6.04 Å². The fraction of sp³-hybridized carbons (Fsp3) is 0.400. The zero-order valence-corrected chi connectivity index (χ0v) is 6.95. The molecule has 0 amide bonds. The van der Waals surface area contributed by atoms with E-state index >= 15 is 0 Å². The van der Waals surface area contributed by atoms with Gasteiger partial charge in [-0.15, -0.1) is 0 Å². The van der Waals surface area contributed by atoms with E-state index in [0.717, 1.165) is 0 Å². The Morgan fingerprint density at radius 2 is 2.25 bits per heavy atom. The fourth-order valence-corrected chi connectivity index (χ4v) is 0.720. The summed E-state index contributed by atoms with van der Waals surface area (Å²) in [6, 6.07) is -1.35. The molecule has 0 bridgehead atoms. The fourth-order valence-electron chi connectivity index (χ4n) is 0.288. The van der Waals surface area contributed by atoms with Crippen LogP contribution in [-0.4, -0.2) is 32.1 Å². The molecule has 0 spiro atoms. The predicted octanol–water partition coefficient (Wildman–Crippen LogP) is -1.11. The quantitative estimate of drug-likeness (QED) is 0.538. The van der Waals surface area contributed by atoms with Crippen molar-refractivity contribution < 1.29 is 22.5 Å². The molecular weight excluding hydrogens is 186 g/mol. The van der Waals surface area contributed by atoms with Crippen molar-refractivity contribution in [2.24, 2.45) is 5.73 Å². The molecule has 1 atom stereocenters. The van der Waals surface area contributed by atoms with Crippen molar-refractivity contribution >= 4 is 16.1 Å². The highest BCUT2D eigenvalue weighted by molar-refractivity contribution is 7.89. The molecule has 0 saturated carbocycles. The van der Waals surface area contributed by atoms with Crippen molar-refractivity contribution in [3.63, 3.8) is 0 Å². The molecule has 0 aromatic heterocycles. The molecule has 6 nitrogen and oxygen atoms in total. The van der Waals surface area contributed by atoms with Gasteiger partial charge in [0.15, 0.2) is 0 Å². The molecule has 0 aromatic carbocycles. The number of carboxylic acids is 1. The van der Waals surface area contributed by atoms with E-state index in [0.29, 0.717) is 5.41 Å². The number of rotatable bonds is 5. The number of carbonyl (C=O) groups is 1. The molecule has 0 aliphatic rings. The van der Waals surface area contributed by atoms with Gasteiger partial charge in [-0.3, -0.25) is 8.98 Å². The number of hydrogen-bond acceptors (Lipinski definition) is 5. The van der Waals surface area contributed by atoms with Crippen LogP contribution in [0.3, 0.4) is 0 Å². The van der Waals surface area contributed by atoms with Gasteiger partial charge < -0.3 is 10.8 Å². The second kappa shape index (κ2) is 4.19. The van der Waals surface area contributed by atoms with E-state index in [4.69, 9.17) is 10.8 Å². The molecule has 1 unspecified atom stereocenters. The Bertz CT molecular complexity index is 270. The van der Waals surface area contributed by atoms with E-state index in [1.54, 1.807) is 0 Å². The van der Waals surface area contributed by atoms with Crippen LogP contribution in [0.1, 0.15) is 0 Å². The average Bonchev–Trinajstić information content (AvgIpc) is 2.00. The Morgan fingerprint density at radius 1 is 1.75 bits per heavy atom. The zero-order valence-electron chi connectivity index (χ0n) is 6.13. The number of carboxylic acid groups (broad SMARTS) is 1. The summed E-state index contributed by atoms with van der Waals surface area (Å²) in [5, 5.41) is 8.80. The summed E-state index contributed by atoms with van der Waals surface area (Å²) in [6.07, 6.45) is 0. The lowest BCUT2D eigenvalue weighted by atomic mass is 10.3. The second-order valence-electron chi connectivity index (χ2n) is 1.89. The molecule has 3 N–H and O–H groups in total. The normalized spacial score (nSPS) is 13.8. The van der Waals surface area contributed by atoms with E-state index in [2.05, 4.69) is 10.8 Å². The summed E-state index contributed by atoms with van der Waals surface area (Å²) in [4.78, 5) is 10.1. The minimum atomic E-state index is -3.83. The van der Waals surface area contributed by atoms with E-state index in [-0.39, 0.29) is 0 Å². The van der Waals surface area contributed by atoms with Crippen LogP contribution in [-0.2, 0) is 19.1 Å². The highest BCUT2D eigenvalue weighted by Crippen LogP contribution is 1.94.